The molecule has 5 heteroatoms. The van der Waals surface area contributed by atoms with Crippen molar-refractivity contribution in [1.82, 2.24) is 0 Å². The zero-order valence-corrected chi connectivity index (χ0v) is 12.5. The zero-order chi connectivity index (χ0) is 14.5. The first kappa shape index (κ1) is 14.6. The molecule has 0 heterocycles. The average molecular weight is 308 g/mol. The standard InChI is InChI=1S/C15H14ClNO2S/c1-18-12-7-3-2-5-10(12)9-19-13-8-4-6-11(16)14(13)15(17)20/h2-8H,9H2,1H3,(H2,17,20). The predicted octanol–water partition coefficient (Wildman–Crippen LogP) is 3.56. The van der Waals surface area contributed by atoms with E-state index in [9.17, 15) is 0 Å². The molecule has 0 radical (unpaired) electrons. The second-order valence-corrected chi connectivity index (χ2v) is 4.92. The Morgan fingerprint density at radius 2 is 1.85 bits per heavy atom. The van der Waals surface area contributed by atoms with Crippen molar-refractivity contribution in [3.05, 3.63) is 58.6 Å². The lowest BCUT2D eigenvalue weighted by molar-refractivity contribution is 0.296. The van der Waals surface area contributed by atoms with Gasteiger partial charge in [-0.3, -0.25) is 0 Å². The van der Waals surface area contributed by atoms with Crippen LogP contribution in [0.2, 0.25) is 5.02 Å². The van der Waals surface area contributed by atoms with Crippen LogP contribution in [-0.4, -0.2) is 12.1 Å². The quantitative estimate of drug-likeness (QED) is 0.858. The van der Waals surface area contributed by atoms with E-state index in [1.54, 1.807) is 25.3 Å². The molecular weight excluding hydrogens is 294 g/mol. The normalized spacial score (nSPS) is 10.1. The molecule has 3 nitrogen and oxygen atoms in total. The zero-order valence-electron chi connectivity index (χ0n) is 10.9. The maximum absolute atomic E-state index is 6.09. The van der Waals surface area contributed by atoms with Crippen molar-refractivity contribution in [3.8, 4) is 11.5 Å². The van der Waals surface area contributed by atoms with Crippen molar-refractivity contribution in [2.24, 2.45) is 5.73 Å². The van der Waals surface area contributed by atoms with Gasteiger partial charge in [-0.25, -0.2) is 0 Å². The lowest BCUT2D eigenvalue weighted by Gasteiger charge is -2.13. The van der Waals surface area contributed by atoms with Crippen LogP contribution < -0.4 is 15.2 Å². The van der Waals surface area contributed by atoms with Crippen LogP contribution in [0.5, 0.6) is 11.5 Å². The van der Waals surface area contributed by atoms with Crippen LogP contribution in [-0.2, 0) is 6.61 Å². The molecule has 2 aromatic rings. The van der Waals surface area contributed by atoms with E-state index >= 15 is 0 Å². The molecule has 0 spiro atoms. The minimum atomic E-state index is 0.214. The van der Waals surface area contributed by atoms with Gasteiger partial charge in [0.05, 0.1) is 17.7 Å². The first-order valence-electron chi connectivity index (χ1n) is 5.96. The molecule has 0 aliphatic rings. The molecule has 0 aliphatic heterocycles. The lowest BCUT2D eigenvalue weighted by atomic mass is 10.2. The number of benzene rings is 2. The molecule has 2 N–H and O–H groups in total. The molecule has 0 fully saturated rings. The summed E-state index contributed by atoms with van der Waals surface area (Å²) < 4.78 is 11.1. The SMILES string of the molecule is COc1ccccc1COc1cccc(Cl)c1C(N)=S. The van der Waals surface area contributed by atoms with Gasteiger partial charge < -0.3 is 15.2 Å². The average Bonchev–Trinajstić information content (AvgIpc) is 2.45. The Morgan fingerprint density at radius 3 is 2.55 bits per heavy atom. The first-order chi connectivity index (χ1) is 9.63. The molecule has 0 saturated heterocycles. The summed E-state index contributed by atoms with van der Waals surface area (Å²) in [5.74, 6) is 1.34. The van der Waals surface area contributed by atoms with Crippen LogP contribution in [0.15, 0.2) is 42.5 Å². The Balaban J connectivity index is 2.23. The van der Waals surface area contributed by atoms with Gasteiger partial charge in [0.25, 0.3) is 0 Å². The molecule has 0 bridgehead atoms. The van der Waals surface area contributed by atoms with E-state index in [2.05, 4.69) is 0 Å². The predicted molar refractivity (Wildman–Crippen MR) is 84.7 cm³/mol. The van der Waals surface area contributed by atoms with Crippen molar-refractivity contribution in [3.63, 3.8) is 0 Å². The molecule has 104 valence electrons. The number of para-hydroxylation sites is 1. The number of nitrogens with two attached hydrogens (primary N) is 1. The van der Waals surface area contributed by atoms with Gasteiger partial charge in [-0.1, -0.05) is 48.1 Å². The van der Waals surface area contributed by atoms with E-state index in [4.69, 9.17) is 39.0 Å². The van der Waals surface area contributed by atoms with Crippen LogP contribution in [0, 0.1) is 0 Å². The Morgan fingerprint density at radius 1 is 1.15 bits per heavy atom. The van der Waals surface area contributed by atoms with E-state index in [1.807, 2.05) is 24.3 Å². The highest BCUT2D eigenvalue weighted by molar-refractivity contribution is 7.80. The van der Waals surface area contributed by atoms with Gasteiger partial charge in [-0.05, 0) is 18.2 Å². The number of rotatable bonds is 5. The maximum Gasteiger partial charge on any atom is 0.131 e. The minimum absolute atomic E-state index is 0.214. The summed E-state index contributed by atoms with van der Waals surface area (Å²) in [6, 6.07) is 13.0. The van der Waals surface area contributed by atoms with Crippen molar-refractivity contribution < 1.29 is 9.47 Å². The third-order valence-electron chi connectivity index (χ3n) is 2.80. The highest BCUT2D eigenvalue weighted by Crippen LogP contribution is 2.28. The molecule has 2 aromatic carbocycles. The number of thiocarbonyl (C=S) groups is 1. The summed E-state index contributed by atoms with van der Waals surface area (Å²) in [6.07, 6.45) is 0. The van der Waals surface area contributed by atoms with E-state index in [1.165, 1.54) is 0 Å². The molecule has 0 aromatic heterocycles. The Hall–Kier alpha value is -1.78. The molecule has 0 unspecified atom stereocenters. The van der Waals surface area contributed by atoms with Gasteiger partial charge in [-0.15, -0.1) is 0 Å². The fourth-order valence-electron chi connectivity index (χ4n) is 1.84. The van der Waals surface area contributed by atoms with Crippen LogP contribution >= 0.6 is 23.8 Å². The number of methoxy groups -OCH3 is 1. The van der Waals surface area contributed by atoms with Crippen LogP contribution in [0.4, 0.5) is 0 Å². The summed E-state index contributed by atoms with van der Waals surface area (Å²) in [4.78, 5) is 0.214. The van der Waals surface area contributed by atoms with Crippen molar-refractivity contribution >= 4 is 28.8 Å². The van der Waals surface area contributed by atoms with Gasteiger partial charge >= 0.3 is 0 Å². The topological polar surface area (TPSA) is 44.5 Å². The van der Waals surface area contributed by atoms with Gasteiger partial charge in [0.1, 0.15) is 23.1 Å². The van der Waals surface area contributed by atoms with E-state index in [-0.39, 0.29) is 4.99 Å². The highest BCUT2D eigenvalue weighted by atomic mass is 35.5. The van der Waals surface area contributed by atoms with Crippen molar-refractivity contribution in [1.29, 1.82) is 0 Å². The van der Waals surface area contributed by atoms with Gasteiger partial charge in [0.2, 0.25) is 0 Å². The summed E-state index contributed by atoms with van der Waals surface area (Å²) in [5, 5.41) is 0.482. The number of ether oxygens (including phenoxy) is 2. The van der Waals surface area contributed by atoms with Crippen molar-refractivity contribution in [2.45, 2.75) is 6.61 Å². The minimum Gasteiger partial charge on any atom is -0.496 e. The molecule has 0 amide bonds. The lowest BCUT2D eigenvalue weighted by Crippen LogP contribution is -2.12. The highest BCUT2D eigenvalue weighted by Gasteiger charge is 2.12. The number of hydrogen-bond acceptors (Lipinski definition) is 3. The summed E-state index contributed by atoms with van der Waals surface area (Å²) in [5.41, 5.74) is 7.17. The smallest absolute Gasteiger partial charge is 0.131 e. The summed E-state index contributed by atoms with van der Waals surface area (Å²) >= 11 is 11.1. The second kappa shape index (κ2) is 6.59. The summed E-state index contributed by atoms with van der Waals surface area (Å²) in [7, 11) is 1.62. The van der Waals surface area contributed by atoms with Crippen LogP contribution in [0.25, 0.3) is 0 Å². The van der Waals surface area contributed by atoms with Crippen LogP contribution in [0.1, 0.15) is 11.1 Å². The maximum atomic E-state index is 6.09. The molecular formula is C15H14ClNO2S. The largest absolute Gasteiger partial charge is 0.496 e. The van der Waals surface area contributed by atoms with E-state index in [0.29, 0.717) is 22.9 Å². The third-order valence-corrected chi connectivity index (χ3v) is 3.32. The Labute approximate surface area is 128 Å². The Kier molecular flexibility index (Phi) is 4.82. The molecule has 20 heavy (non-hydrogen) atoms. The second-order valence-electron chi connectivity index (χ2n) is 4.08. The number of hydrogen-bond donors (Lipinski definition) is 1. The Bertz CT molecular complexity index is 631. The summed E-state index contributed by atoms with van der Waals surface area (Å²) in [6.45, 7) is 0.347. The fourth-order valence-corrected chi connectivity index (χ4v) is 2.38. The molecule has 0 saturated carbocycles. The van der Waals surface area contributed by atoms with Crippen LogP contribution in [0.3, 0.4) is 0 Å². The first-order valence-corrected chi connectivity index (χ1v) is 6.75. The van der Waals surface area contributed by atoms with E-state index < -0.39 is 0 Å². The monoisotopic (exact) mass is 307 g/mol. The fraction of sp³-hybridized carbons (Fsp3) is 0.133. The van der Waals surface area contributed by atoms with E-state index in [0.717, 1.165) is 11.3 Å². The third kappa shape index (κ3) is 3.21. The van der Waals surface area contributed by atoms with Gasteiger partial charge in [0, 0.05) is 5.56 Å². The van der Waals surface area contributed by atoms with Gasteiger partial charge in [0.15, 0.2) is 0 Å². The van der Waals surface area contributed by atoms with Crippen molar-refractivity contribution in [2.75, 3.05) is 7.11 Å². The molecule has 0 aliphatic carbocycles. The number of halogens is 1. The molecule has 0 atom stereocenters. The molecule has 2 rings (SSSR count). The van der Waals surface area contributed by atoms with Gasteiger partial charge in [-0.2, -0.15) is 0 Å².